The first-order valence-electron chi connectivity index (χ1n) is 7.38. The summed E-state index contributed by atoms with van der Waals surface area (Å²) in [7, 11) is 2.80. The monoisotopic (exact) mass is 363 g/mol. The number of aliphatic hydroxyl groups excluding tert-OH is 1. The molecular weight excluding hydrogens is 341 g/mol. The number of alkyl halides is 1. The molecule has 0 aliphatic carbocycles. The summed E-state index contributed by atoms with van der Waals surface area (Å²) in [5.74, 6) is 0.262. The molecule has 0 aromatic heterocycles. The van der Waals surface area contributed by atoms with Gasteiger partial charge in [-0.3, -0.25) is 10.1 Å². The van der Waals surface area contributed by atoms with Crippen LogP contribution in [0.2, 0.25) is 0 Å². The lowest BCUT2D eigenvalue weighted by molar-refractivity contribution is -0.531. The van der Waals surface area contributed by atoms with Crippen molar-refractivity contribution in [3.05, 3.63) is 27.8 Å². The molecule has 2 atom stereocenters. The average molecular weight is 363 g/mol. The predicted molar refractivity (Wildman–Crippen MR) is 84.3 cm³/mol. The van der Waals surface area contributed by atoms with Crippen LogP contribution in [0.25, 0.3) is 0 Å². The Morgan fingerprint density at radius 1 is 1.16 bits per heavy atom. The number of halogens is 1. The van der Waals surface area contributed by atoms with Crippen molar-refractivity contribution in [3.8, 4) is 17.2 Å². The second-order valence-electron chi connectivity index (χ2n) is 4.96. The third kappa shape index (κ3) is 6.00. The van der Waals surface area contributed by atoms with E-state index in [-0.39, 0.29) is 43.0 Å². The van der Waals surface area contributed by atoms with E-state index in [1.54, 1.807) is 0 Å². The predicted octanol–water partition coefficient (Wildman–Crippen LogP) is 1.70. The highest BCUT2D eigenvalue weighted by atomic mass is 19.1. The van der Waals surface area contributed by atoms with Crippen LogP contribution in [0.4, 0.5) is 4.39 Å². The normalized spacial score (nSPS) is 13.2. The van der Waals surface area contributed by atoms with Crippen molar-refractivity contribution in [1.82, 2.24) is 0 Å². The second-order valence-corrected chi connectivity index (χ2v) is 4.96. The summed E-state index contributed by atoms with van der Waals surface area (Å²) in [6.45, 7) is -0.0281. The summed E-state index contributed by atoms with van der Waals surface area (Å²) < 4.78 is 38.2. The van der Waals surface area contributed by atoms with Crippen molar-refractivity contribution < 1.29 is 38.1 Å². The number of rotatable bonds is 12. The smallest absolute Gasteiger partial charge is 0.239 e. The molecule has 0 bridgehead atoms. The quantitative estimate of drug-likeness (QED) is 0.339. The van der Waals surface area contributed by atoms with Gasteiger partial charge in [0.2, 0.25) is 11.8 Å². The minimum atomic E-state index is -1.42. The minimum absolute atomic E-state index is 0.0801. The number of nitro groups is 1. The van der Waals surface area contributed by atoms with Crippen molar-refractivity contribution >= 4 is 0 Å². The summed E-state index contributed by atoms with van der Waals surface area (Å²) in [5, 5.41) is 21.1. The third-order valence-electron chi connectivity index (χ3n) is 3.16. The van der Waals surface area contributed by atoms with Gasteiger partial charge in [-0.15, -0.1) is 0 Å². The van der Waals surface area contributed by atoms with E-state index in [0.29, 0.717) is 0 Å². The molecule has 0 spiro atoms. The van der Waals surface area contributed by atoms with E-state index in [1.807, 2.05) is 0 Å². The first-order chi connectivity index (χ1) is 12.0. The van der Waals surface area contributed by atoms with Gasteiger partial charge in [0.05, 0.1) is 0 Å². The summed E-state index contributed by atoms with van der Waals surface area (Å²) in [4.78, 5) is 10.3. The lowest BCUT2D eigenvalue weighted by Crippen LogP contribution is -2.24. The number of methoxy groups -OCH3 is 2. The fraction of sp³-hybridized carbons (Fsp3) is 0.600. The van der Waals surface area contributed by atoms with E-state index >= 15 is 0 Å². The van der Waals surface area contributed by atoms with Gasteiger partial charge in [-0.2, -0.15) is 0 Å². The van der Waals surface area contributed by atoms with Crippen LogP contribution in [-0.2, 0) is 9.47 Å². The zero-order chi connectivity index (χ0) is 18.8. The number of benzene rings is 1. The molecule has 142 valence electrons. The van der Waals surface area contributed by atoms with Crippen LogP contribution in [0.15, 0.2) is 12.1 Å². The van der Waals surface area contributed by atoms with Crippen molar-refractivity contribution in [2.24, 2.45) is 0 Å². The Morgan fingerprint density at radius 2 is 1.68 bits per heavy atom. The molecule has 1 aromatic rings. The van der Waals surface area contributed by atoms with Gasteiger partial charge < -0.3 is 28.8 Å². The van der Waals surface area contributed by atoms with Crippen LogP contribution in [0, 0.1) is 10.1 Å². The molecule has 0 radical (unpaired) electrons. The molecule has 0 fully saturated rings. The molecule has 0 amide bonds. The minimum Gasteiger partial charge on any atom is -0.484 e. The average Bonchev–Trinajstić information content (AvgIpc) is 2.61. The van der Waals surface area contributed by atoms with E-state index in [4.69, 9.17) is 23.7 Å². The van der Waals surface area contributed by atoms with Crippen LogP contribution in [0.5, 0.6) is 17.2 Å². The fourth-order valence-electron chi connectivity index (χ4n) is 1.90. The van der Waals surface area contributed by atoms with E-state index < -0.39 is 23.7 Å². The van der Waals surface area contributed by atoms with Crippen LogP contribution in [-0.4, -0.2) is 57.2 Å². The van der Waals surface area contributed by atoms with Gasteiger partial charge in [0.25, 0.3) is 0 Å². The molecule has 9 nitrogen and oxygen atoms in total. The largest absolute Gasteiger partial charge is 0.484 e. The van der Waals surface area contributed by atoms with Crippen molar-refractivity contribution in [3.63, 3.8) is 0 Å². The van der Waals surface area contributed by atoms with Gasteiger partial charge in [0.1, 0.15) is 19.4 Å². The Labute approximate surface area is 144 Å². The maximum absolute atomic E-state index is 12.5. The van der Waals surface area contributed by atoms with Gasteiger partial charge in [0, 0.05) is 26.1 Å². The zero-order valence-corrected chi connectivity index (χ0v) is 14.3. The first kappa shape index (κ1) is 20.9. The number of nitrogens with zero attached hydrogens (tertiary/aromatic N) is 1. The third-order valence-corrected chi connectivity index (χ3v) is 3.16. The highest BCUT2D eigenvalue weighted by Gasteiger charge is 2.28. The van der Waals surface area contributed by atoms with E-state index in [2.05, 4.69) is 0 Å². The highest BCUT2D eigenvalue weighted by Crippen LogP contribution is 2.41. The Hall–Kier alpha value is -2.17. The van der Waals surface area contributed by atoms with Gasteiger partial charge in [-0.25, -0.2) is 4.39 Å². The van der Waals surface area contributed by atoms with Gasteiger partial charge in [-0.1, -0.05) is 0 Å². The second kappa shape index (κ2) is 10.6. The van der Waals surface area contributed by atoms with Crippen molar-refractivity contribution in [1.29, 1.82) is 0 Å². The summed E-state index contributed by atoms with van der Waals surface area (Å²) in [5.41, 5.74) is 0.175. The van der Waals surface area contributed by atoms with Gasteiger partial charge >= 0.3 is 0 Å². The van der Waals surface area contributed by atoms with Gasteiger partial charge in [-0.05, 0) is 17.7 Å². The topological polar surface area (TPSA) is 110 Å². The van der Waals surface area contributed by atoms with Crippen molar-refractivity contribution in [2.45, 2.75) is 19.1 Å². The number of aliphatic hydroxyl groups is 1. The summed E-state index contributed by atoms with van der Waals surface area (Å²) in [6, 6.07) is 1.46. The molecule has 0 heterocycles. The molecule has 1 aromatic carbocycles. The number of hydrogen-bond acceptors (Lipinski definition) is 8. The Morgan fingerprint density at radius 3 is 2.08 bits per heavy atom. The van der Waals surface area contributed by atoms with E-state index in [0.717, 1.165) is 0 Å². The Balaban J connectivity index is 3.30. The number of ether oxygens (including phenoxy) is 5. The molecular formula is C15H22FNO8. The summed E-state index contributed by atoms with van der Waals surface area (Å²) in [6.07, 6.45) is -1.42. The van der Waals surface area contributed by atoms with Crippen LogP contribution < -0.4 is 14.2 Å². The number of hydrogen-bond donors (Lipinski definition) is 1. The molecule has 0 saturated carbocycles. The maximum atomic E-state index is 12.5. The van der Waals surface area contributed by atoms with E-state index in [9.17, 15) is 19.6 Å². The molecule has 1 rings (SSSR count). The summed E-state index contributed by atoms with van der Waals surface area (Å²) >= 11 is 0. The molecule has 10 heteroatoms. The highest BCUT2D eigenvalue weighted by molar-refractivity contribution is 5.54. The molecule has 0 saturated heterocycles. The first-order valence-corrected chi connectivity index (χ1v) is 7.38. The standard InChI is InChI=1S/C15H22FNO8/c1-10(17(19)20)14(18)11-6-12(24-8-21-2)15(23-5-4-16)13(7-11)25-9-22-3/h6-7,10,14,18H,4-5,8-9H2,1-3H3. The van der Waals surface area contributed by atoms with E-state index in [1.165, 1.54) is 33.3 Å². The zero-order valence-electron chi connectivity index (χ0n) is 14.3. The Kier molecular flexibility index (Phi) is 8.89. The maximum Gasteiger partial charge on any atom is 0.239 e. The molecule has 1 N–H and O–H groups in total. The fourth-order valence-corrected chi connectivity index (χ4v) is 1.90. The molecule has 2 unspecified atom stereocenters. The molecule has 0 aliphatic heterocycles. The van der Waals surface area contributed by atoms with Crippen LogP contribution in [0.1, 0.15) is 18.6 Å². The van der Waals surface area contributed by atoms with Crippen molar-refractivity contribution in [2.75, 3.05) is 41.1 Å². The Bertz CT molecular complexity index is 527. The molecule has 25 heavy (non-hydrogen) atoms. The SMILES string of the molecule is COCOc1cc(C(O)C(C)[N+](=O)[O-])cc(OCOC)c1OCCF. The lowest BCUT2D eigenvalue weighted by atomic mass is 10.0. The molecule has 0 aliphatic rings. The lowest BCUT2D eigenvalue weighted by Gasteiger charge is -2.20. The van der Waals surface area contributed by atoms with Crippen LogP contribution in [0.3, 0.4) is 0 Å². The van der Waals surface area contributed by atoms with Gasteiger partial charge in [0.15, 0.2) is 25.1 Å². The van der Waals surface area contributed by atoms with Crippen LogP contribution >= 0.6 is 0 Å².